The van der Waals surface area contributed by atoms with Gasteiger partial charge in [0.05, 0.1) is 6.20 Å². The van der Waals surface area contributed by atoms with Crippen LogP contribution in [-0.2, 0) is 16.1 Å². The predicted octanol–water partition coefficient (Wildman–Crippen LogP) is 0.897. The molecule has 1 atom stereocenters. The van der Waals surface area contributed by atoms with Crippen molar-refractivity contribution in [2.45, 2.75) is 32.9 Å². The van der Waals surface area contributed by atoms with E-state index in [9.17, 15) is 9.59 Å². The fourth-order valence-electron chi connectivity index (χ4n) is 1.67. The molecule has 0 fully saturated rings. The van der Waals surface area contributed by atoms with Gasteiger partial charge in [-0.25, -0.2) is 4.79 Å². The lowest BCUT2D eigenvalue weighted by Gasteiger charge is -2.22. The Morgan fingerprint density at radius 2 is 2.35 bits per heavy atom. The minimum absolute atomic E-state index is 0.347. The van der Waals surface area contributed by atoms with Gasteiger partial charge in [-0.05, 0) is 13.3 Å². The van der Waals surface area contributed by atoms with E-state index in [1.807, 2.05) is 6.92 Å². The first-order chi connectivity index (χ1) is 8.13. The minimum Gasteiger partial charge on any atom is -0.479 e. The first-order valence-corrected chi connectivity index (χ1v) is 5.60. The maximum Gasteiger partial charge on any atom is 0.331 e. The van der Waals surface area contributed by atoms with Gasteiger partial charge in [-0.2, -0.15) is 5.10 Å². The van der Waals surface area contributed by atoms with Crippen LogP contribution in [-0.4, -0.2) is 38.7 Å². The van der Waals surface area contributed by atoms with Gasteiger partial charge in [0, 0.05) is 24.8 Å². The summed E-state index contributed by atoms with van der Waals surface area (Å²) in [4.78, 5) is 23.2. The Morgan fingerprint density at radius 1 is 1.65 bits per heavy atom. The number of carboxylic acids is 1. The van der Waals surface area contributed by atoms with E-state index in [-0.39, 0.29) is 0 Å². The zero-order valence-electron chi connectivity index (χ0n) is 10.0. The van der Waals surface area contributed by atoms with Crippen LogP contribution in [0.15, 0.2) is 12.4 Å². The summed E-state index contributed by atoms with van der Waals surface area (Å²) in [6.45, 7) is 4.83. The van der Waals surface area contributed by atoms with Crippen molar-refractivity contribution in [3.05, 3.63) is 18.0 Å². The smallest absolute Gasteiger partial charge is 0.331 e. The normalized spacial score (nSPS) is 12.1. The van der Waals surface area contributed by atoms with Crippen molar-refractivity contribution >= 4 is 12.4 Å². The standard InChI is InChI=1S/C11H17N3O3/c1-3-5-14-7-9(6-12-14)10(11(16)17)13(4-2)8-15/h6-8,10H,3-5H2,1-2H3,(H,16,17). The number of carbonyl (C=O) groups excluding carboxylic acids is 1. The monoisotopic (exact) mass is 239 g/mol. The van der Waals surface area contributed by atoms with Gasteiger partial charge in [-0.3, -0.25) is 9.48 Å². The molecule has 0 saturated heterocycles. The fourth-order valence-corrected chi connectivity index (χ4v) is 1.67. The van der Waals surface area contributed by atoms with Crippen LogP contribution in [0, 0.1) is 0 Å². The Labute approximate surface area is 99.8 Å². The number of rotatable bonds is 7. The molecule has 1 heterocycles. The van der Waals surface area contributed by atoms with Gasteiger partial charge in [0.1, 0.15) is 0 Å². The molecule has 1 N–H and O–H groups in total. The zero-order chi connectivity index (χ0) is 12.8. The molecule has 0 saturated carbocycles. The second-order valence-electron chi connectivity index (χ2n) is 3.71. The fraction of sp³-hybridized carbons (Fsp3) is 0.545. The highest BCUT2D eigenvalue weighted by molar-refractivity contribution is 5.77. The first kappa shape index (κ1) is 13.2. The van der Waals surface area contributed by atoms with E-state index in [1.165, 1.54) is 11.1 Å². The molecule has 94 valence electrons. The number of carboxylic acid groups (broad SMARTS) is 1. The van der Waals surface area contributed by atoms with Crippen LogP contribution in [0.5, 0.6) is 0 Å². The third-order valence-corrected chi connectivity index (χ3v) is 2.49. The predicted molar refractivity (Wildman–Crippen MR) is 61.3 cm³/mol. The highest BCUT2D eigenvalue weighted by atomic mass is 16.4. The summed E-state index contributed by atoms with van der Waals surface area (Å²) in [5.74, 6) is -1.05. The molecule has 1 unspecified atom stereocenters. The van der Waals surface area contributed by atoms with Gasteiger partial charge >= 0.3 is 5.97 Å². The summed E-state index contributed by atoms with van der Waals surface area (Å²) in [5.41, 5.74) is 0.528. The number of likely N-dealkylation sites (N-methyl/N-ethyl adjacent to an activating group) is 1. The maximum absolute atomic E-state index is 11.2. The van der Waals surface area contributed by atoms with Gasteiger partial charge < -0.3 is 10.0 Å². The molecule has 0 bridgehead atoms. The first-order valence-electron chi connectivity index (χ1n) is 5.60. The molecule has 0 aromatic carbocycles. The van der Waals surface area contributed by atoms with Crippen LogP contribution < -0.4 is 0 Å². The van der Waals surface area contributed by atoms with Crippen LogP contribution in [0.25, 0.3) is 0 Å². The molecule has 0 aliphatic carbocycles. The van der Waals surface area contributed by atoms with Gasteiger partial charge in [0.25, 0.3) is 0 Å². The van der Waals surface area contributed by atoms with Crippen LogP contribution in [0.1, 0.15) is 31.9 Å². The second-order valence-corrected chi connectivity index (χ2v) is 3.71. The van der Waals surface area contributed by atoms with E-state index in [0.717, 1.165) is 13.0 Å². The Balaban J connectivity index is 2.96. The van der Waals surface area contributed by atoms with Gasteiger partial charge in [0.15, 0.2) is 6.04 Å². The molecule has 1 amide bonds. The summed E-state index contributed by atoms with van der Waals surface area (Å²) >= 11 is 0. The molecule has 1 aromatic rings. The van der Waals surface area contributed by atoms with E-state index in [2.05, 4.69) is 5.10 Å². The Hall–Kier alpha value is -1.85. The number of aromatic nitrogens is 2. The maximum atomic E-state index is 11.2. The number of hydrogen-bond acceptors (Lipinski definition) is 3. The quantitative estimate of drug-likeness (QED) is 0.717. The largest absolute Gasteiger partial charge is 0.479 e. The molecular formula is C11H17N3O3. The molecule has 6 heteroatoms. The van der Waals surface area contributed by atoms with Crippen molar-refractivity contribution in [1.29, 1.82) is 0 Å². The highest BCUT2D eigenvalue weighted by Crippen LogP contribution is 2.19. The average molecular weight is 239 g/mol. The number of amides is 1. The molecule has 17 heavy (non-hydrogen) atoms. The molecule has 1 rings (SSSR count). The number of aryl methyl sites for hydroxylation is 1. The summed E-state index contributed by atoms with van der Waals surface area (Å²) in [5, 5.41) is 13.2. The van der Waals surface area contributed by atoms with Crippen molar-refractivity contribution in [3.63, 3.8) is 0 Å². The number of hydrogen-bond donors (Lipinski definition) is 1. The Kier molecular flexibility index (Phi) is 4.68. The molecule has 0 radical (unpaired) electrons. The lowest BCUT2D eigenvalue weighted by molar-refractivity contribution is -0.146. The third kappa shape index (κ3) is 3.05. The Bertz CT molecular complexity index is 389. The molecule has 6 nitrogen and oxygen atoms in total. The van der Waals surface area contributed by atoms with Crippen molar-refractivity contribution in [3.8, 4) is 0 Å². The summed E-state index contributed by atoms with van der Waals surface area (Å²) in [7, 11) is 0. The van der Waals surface area contributed by atoms with Gasteiger partial charge in [-0.15, -0.1) is 0 Å². The SMILES string of the molecule is CCCn1cc(C(C(=O)O)N(C=O)CC)cn1. The molecule has 0 aliphatic heterocycles. The van der Waals surface area contributed by atoms with Gasteiger partial charge in [-0.1, -0.05) is 6.92 Å². The molecule has 0 aliphatic rings. The Morgan fingerprint density at radius 3 is 2.82 bits per heavy atom. The molecular weight excluding hydrogens is 222 g/mol. The van der Waals surface area contributed by atoms with E-state index < -0.39 is 12.0 Å². The molecule has 1 aromatic heterocycles. The number of aliphatic carboxylic acids is 1. The minimum atomic E-state index is -1.05. The lowest BCUT2D eigenvalue weighted by atomic mass is 10.1. The zero-order valence-corrected chi connectivity index (χ0v) is 10.0. The van der Waals surface area contributed by atoms with Crippen molar-refractivity contribution < 1.29 is 14.7 Å². The van der Waals surface area contributed by atoms with Crippen LogP contribution >= 0.6 is 0 Å². The average Bonchev–Trinajstić information content (AvgIpc) is 2.73. The van der Waals surface area contributed by atoms with Gasteiger partial charge in [0.2, 0.25) is 6.41 Å². The van der Waals surface area contributed by atoms with Crippen LogP contribution in [0.4, 0.5) is 0 Å². The van der Waals surface area contributed by atoms with Crippen molar-refractivity contribution in [1.82, 2.24) is 14.7 Å². The highest BCUT2D eigenvalue weighted by Gasteiger charge is 2.26. The summed E-state index contributed by atoms with van der Waals surface area (Å²) in [6, 6.07) is -0.955. The van der Waals surface area contributed by atoms with E-state index in [4.69, 9.17) is 5.11 Å². The van der Waals surface area contributed by atoms with E-state index in [1.54, 1.807) is 17.8 Å². The van der Waals surface area contributed by atoms with Crippen molar-refractivity contribution in [2.75, 3.05) is 6.54 Å². The summed E-state index contributed by atoms with van der Waals surface area (Å²) < 4.78 is 1.68. The molecule has 0 spiro atoms. The topological polar surface area (TPSA) is 75.4 Å². The second kappa shape index (κ2) is 6.03. The van der Waals surface area contributed by atoms with E-state index >= 15 is 0 Å². The third-order valence-electron chi connectivity index (χ3n) is 2.49. The van der Waals surface area contributed by atoms with Crippen molar-refractivity contribution in [2.24, 2.45) is 0 Å². The van der Waals surface area contributed by atoms with Crippen LogP contribution in [0.3, 0.4) is 0 Å². The number of nitrogens with zero attached hydrogens (tertiary/aromatic N) is 3. The number of carbonyl (C=O) groups is 2. The summed E-state index contributed by atoms with van der Waals surface area (Å²) in [6.07, 6.45) is 4.65. The van der Waals surface area contributed by atoms with E-state index in [0.29, 0.717) is 18.5 Å². The lowest BCUT2D eigenvalue weighted by Crippen LogP contribution is -2.32. The van der Waals surface area contributed by atoms with Crippen LogP contribution in [0.2, 0.25) is 0 Å².